The number of amides is 1. The summed E-state index contributed by atoms with van der Waals surface area (Å²) in [4.78, 5) is 13.7. The van der Waals surface area contributed by atoms with Crippen LogP contribution in [0.1, 0.15) is 11.6 Å². The molecular weight excluding hydrogens is 258 g/mol. The van der Waals surface area contributed by atoms with Gasteiger partial charge in [-0.3, -0.25) is 4.79 Å². The number of likely N-dealkylation sites (N-methyl/N-ethyl adjacent to an activating group) is 1. The highest BCUT2D eigenvalue weighted by molar-refractivity contribution is 5.82. The molecule has 0 aliphatic heterocycles. The van der Waals surface area contributed by atoms with Crippen LogP contribution in [-0.4, -0.2) is 52.2 Å². The van der Waals surface area contributed by atoms with Gasteiger partial charge in [-0.25, -0.2) is 0 Å². The molecule has 0 fully saturated rings. The van der Waals surface area contributed by atoms with Crippen LogP contribution in [-0.2, 0) is 4.79 Å². The first kappa shape index (κ1) is 16.3. The van der Waals surface area contributed by atoms with Crippen LogP contribution in [0.3, 0.4) is 0 Å². The molecule has 0 saturated carbocycles. The molecule has 0 aliphatic carbocycles. The predicted octanol–water partition coefficient (Wildman–Crippen LogP) is 0.381. The Morgan fingerprint density at radius 3 is 2.55 bits per heavy atom. The van der Waals surface area contributed by atoms with Crippen LogP contribution < -0.4 is 20.5 Å². The number of methoxy groups -OCH3 is 2. The number of nitrogens with two attached hydrogens (primary N) is 1. The molecule has 3 N–H and O–H groups in total. The van der Waals surface area contributed by atoms with E-state index in [1.54, 1.807) is 32.4 Å². The number of carbonyl (C=O) groups is 1. The number of ether oxygens (including phenoxy) is 2. The van der Waals surface area contributed by atoms with Gasteiger partial charge in [0.25, 0.3) is 0 Å². The van der Waals surface area contributed by atoms with Crippen molar-refractivity contribution < 1.29 is 14.3 Å². The van der Waals surface area contributed by atoms with E-state index >= 15 is 0 Å². The average Bonchev–Trinajstić information content (AvgIpc) is 2.42. The Bertz CT molecular complexity index is 449. The van der Waals surface area contributed by atoms with Crippen molar-refractivity contribution in [2.24, 2.45) is 5.73 Å². The summed E-state index contributed by atoms with van der Waals surface area (Å²) < 4.78 is 10.6. The fraction of sp³-hybridized carbons (Fsp3) is 0.500. The first-order valence-corrected chi connectivity index (χ1v) is 6.39. The first-order chi connectivity index (χ1) is 9.51. The summed E-state index contributed by atoms with van der Waals surface area (Å²) in [6, 6.07) is 4.78. The molecule has 1 rings (SSSR count). The summed E-state index contributed by atoms with van der Waals surface area (Å²) >= 11 is 0. The Balaban J connectivity index is 2.99. The minimum atomic E-state index is -0.611. The molecule has 0 aromatic heterocycles. The third-order valence-electron chi connectivity index (χ3n) is 2.94. The summed E-state index contributed by atoms with van der Waals surface area (Å²) in [7, 11) is 7.03. The zero-order chi connectivity index (χ0) is 15.1. The van der Waals surface area contributed by atoms with Crippen molar-refractivity contribution in [3.05, 3.63) is 23.8 Å². The lowest BCUT2D eigenvalue weighted by atomic mass is 10.0. The molecule has 0 saturated heterocycles. The number of para-hydroxylation sites is 1. The lowest BCUT2D eigenvalue weighted by Crippen LogP contribution is -2.37. The Labute approximate surface area is 119 Å². The SMILES string of the molecule is COc1cccc(C(NCCN(C)C)C(N)=O)c1OC. The maximum atomic E-state index is 11.7. The van der Waals surface area contributed by atoms with Crippen molar-refractivity contribution in [3.8, 4) is 11.5 Å². The van der Waals surface area contributed by atoms with Gasteiger partial charge in [-0.15, -0.1) is 0 Å². The predicted molar refractivity (Wildman–Crippen MR) is 78.0 cm³/mol. The van der Waals surface area contributed by atoms with Gasteiger partial charge in [-0.05, 0) is 20.2 Å². The third-order valence-corrected chi connectivity index (χ3v) is 2.94. The second kappa shape index (κ2) is 7.72. The lowest BCUT2D eigenvalue weighted by Gasteiger charge is -2.21. The third kappa shape index (κ3) is 4.11. The molecule has 112 valence electrons. The highest BCUT2D eigenvalue weighted by Gasteiger charge is 2.23. The largest absolute Gasteiger partial charge is 0.493 e. The van der Waals surface area contributed by atoms with E-state index in [4.69, 9.17) is 15.2 Å². The maximum Gasteiger partial charge on any atom is 0.239 e. The Hall–Kier alpha value is -1.79. The van der Waals surface area contributed by atoms with Crippen LogP contribution in [0.4, 0.5) is 0 Å². The molecule has 1 atom stereocenters. The van der Waals surface area contributed by atoms with Crippen molar-refractivity contribution >= 4 is 5.91 Å². The highest BCUT2D eigenvalue weighted by atomic mass is 16.5. The zero-order valence-electron chi connectivity index (χ0n) is 12.5. The average molecular weight is 281 g/mol. The smallest absolute Gasteiger partial charge is 0.239 e. The van der Waals surface area contributed by atoms with E-state index < -0.39 is 11.9 Å². The lowest BCUT2D eigenvalue weighted by molar-refractivity contribution is -0.120. The van der Waals surface area contributed by atoms with Crippen molar-refractivity contribution in [1.29, 1.82) is 0 Å². The van der Waals surface area contributed by atoms with Crippen LogP contribution in [0, 0.1) is 0 Å². The molecule has 1 amide bonds. The van der Waals surface area contributed by atoms with Gasteiger partial charge < -0.3 is 25.4 Å². The molecule has 20 heavy (non-hydrogen) atoms. The summed E-state index contributed by atoms with van der Waals surface area (Å²) in [6.07, 6.45) is 0. The van der Waals surface area contributed by atoms with Gasteiger partial charge in [0.2, 0.25) is 5.91 Å². The molecule has 1 aromatic rings. The minimum Gasteiger partial charge on any atom is -0.493 e. The molecule has 6 nitrogen and oxygen atoms in total. The number of hydrogen-bond donors (Lipinski definition) is 2. The van der Waals surface area contributed by atoms with Crippen LogP contribution in [0.15, 0.2) is 18.2 Å². The number of carbonyl (C=O) groups excluding carboxylic acids is 1. The number of hydrogen-bond acceptors (Lipinski definition) is 5. The van der Waals surface area contributed by atoms with Gasteiger partial charge >= 0.3 is 0 Å². The summed E-state index contributed by atoms with van der Waals surface area (Å²) in [5.74, 6) is 0.650. The molecule has 1 unspecified atom stereocenters. The molecule has 0 aliphatic rings. The normalized spacial score (nSPS) is 12.2. The van der Waals surface area contributed by atoms with Gasteiger partial charge in [0.15, 0.2) is 11.5 Å². The molecule has 1 aromatic carbocycles. The summed E-state index contributed by atoms with van der Waals surface area (Å²) in [5.41, 5.74) is 6.17. The van der Waals surface area contributed by atoms with Gasteiger partial charge in [0.1, 0.15) is 6.04 Å². The fourth-order valence-corrected chi connectivity index (χ4v) is 1.94. The van der Waals surface area contributed by atoms with E-state index in [0.29, 0.717) is 23.6 Å². The van der Waals surface area contributed by atoms with Gasteiger partial charge in [0.05, 0.1) is 14.2 Å². The van der Waals surface area contributed by atoms with Crippen LogP contribution in [0.2, 0.25) is 0 Å². The summed E-state index contributed by atoms with van der Waals surface area (Å²) in [5, 5.41) is 3.14. The van der Waals surface area contributed by atoms with Gasteiger partial charge in [0, 0.05) is 18.7 Å². The number of benzene rings is 1. The van der Waals surface area contributed by atoms with E-state index in [1.165, 1.54) is 0 Å². The fourth-order valence-electron chi connectivity index (χ4n) is 1.94. The van der Waals surface area contributed by atoms with Crippen molar-refractivity contribution in [3.63, 3.8) is 0 Å². The second-order valence-corrected chi connectivity index (χ2v) is 4.68. The van der Waals surface area contributed by atoms with Crippen molar-refractivity contribution in [2.45, 2.75) is 6.04 Å². The Morgan fingerprint density at radius 1 is 1.35 bits per heavy atom. The van der Waals surface area contributed by atoms with Gasteiger partial charge in [-0.2, -0.15) is 0 Å². The van der Waals surface area contributed by atoms with E-state index in [9.17, 15) is 4.79 Å². The number of primary amides is 1. The minimum absolute atomic E-state index is 0.449. The van der Waals surface area contributed by atoms with E-state index in [1.807, 2.05) is 19.0 Å². The number of nitrogens with one attached hydrogen (secondary N) is 1. The van der Waals surface area contributed by atoms with E-state index in [0.717, 1.165) is 6.54 Å². The quantitative estimate of drug-likeness (QED) is 0.720. The van der Waals surface area contributed by atoms with E-state index in [-0.39, 0.29) is 0 Å². The van der Waals surface area contributed by atoms with E-state index in [2.05, 4.69) is 5.32 Å². The molecule has 0 heterocycles. The van der Waals surface area contributed by atoms with Crippen LogP contribution >= 0.6 is 0 Å². The first-order valence-electron chi connectivity index (χ1n) is 6.39. The van der Waals surface area contributed by atoms with Crippen LogP contribution in [0.5, 0.6) is 11.5 Å². The molecule has 0 bridgehead atoms. The summed E-state index contributed by atoms with van der Waals surface area (Å²) in [6.45, 7) is 1.44. The van der Waals surface area contributed by atoms with Gasteiger partial charge in [-0.1, -0.05) is 12.1 Å². The highest BCUT2D eigenvalue weighted by Crippen LogP contribution is 2.34. The monoisotopic (exact) mass is 281 g/mol. The van der Waals surface area contributed by atoms with Crippen molar-refractivity contribution in [2.75, 3.05) is 41.4 Å². The Kier molecular flexibility index (Phi) is 6.27. The van der Waals surface area contributed by atoms with Crippen molar-refractivity contribution in [1.82, 2.24) is 10.2 Å². The van der Waals surface area contributed by atoms with Crippen LogP contribution in [0.25, 0.3) is 0 Å². The number of rotatable bonds is 8. The molecule has 0 spiro atoms. The maximum absolute atomic E-state index is 11.7. The molecule has 0 radical (unpaired) electrons. The topological polar surface area (TPSA) is 76.8 Å². The molecular formula is C14H23N3O3. The Morgan fingerprint density at radius 2 is 2.05 bits per heavy atom. The second-order valence-electron chi connectivity index (χ2n) is 4.68. The number of nitrogens with zero attached hydrogens (tertiary/aromatic N) is 1. The standard InChI is InChI=1S/C14H23N3O3/c1-17(2)9-8-16-12(14(15)18)10-6-5-7-11(19-3)13(10)20-4/h5-7,12,16H,8-9H2,1-4H3,(H2,15,18). The zero-order valence-corrected chi connectivity index (χ0v) is 12.5. The molecule has 6 heteroatoms.